The quantitative estimate of drug-likeness (QED) is 0.895. The van der Waals surface area contributed by atoms with Gasteiger partial charge in [-0.1, -0.05) is 12.1 Å². The number of hydrogen-bond acceptors (Lipinski definition) is 4. The van der Waals surface area contributed by atoms with Gasteiger partial charge >= 0.3 is 0 Å². The van der Waals surface area contributed by atoms with Crippen LogP contribution in [0.3, 0.4) is 0 Å². The first-order valence-corrected chi connectivity index (χ1v) is 9.22. The summed E-state index contributed by atoms with van der Waals surface area (Å²) in [5.74, 6) is 2.57. The lowest BCUT2D eigenvalue weighted by atomic mass is 10.0. The fourth-order valence-corrected chi connectivity index (χ4v) is 5.57. The molecule has 1 aromatic carbocycles. The second-order valence-electron chi connectivity index (χ2n) is 5.35. The number of rotatable bonds is 2. The van der Waals surface area contributed by atoms with Gasteiger partial charge in [-0.15, -0.1) is 35.9 Å². The summed E-state index contributed by atoms with van der Waals surface area (Å²) in [6.07, 6.45) is 2.04. The number of piperidine rings is 1. The van der Waals surface area contributed by atoms with Crippen molar-refractivity contribution in [1.82, 2.24) is 4.90 Å². The van der Waals surface area contributed by atoms with E-state index in [4.69, 9.17) is 5.73 Å². The van der Waals surface area contributed by atoms with Crippen molar-refractivity contribution in [2.75, 3.05) is 24.6 Å². The van der Waals surface area contributed by atoms with Gasteiger partial charge in [-0.05, 0) is 30.5 Å². The topological polar surface area (TPSA) is 46.3 Å². The second-order valence-corrected chi connectivity index (χ2v) is 8.07. The van der Waals surface area contributed by atoms with Crippen LogP contribution in [0.25, 0.3) is 0 Å². The number of amides is 1. The zero-order valence-corrected chi connectivity index (χ0v) is 14.3. The third kappa shape index (κ3) is 4.09. The van der Waals surface area contributed by atoms with Gasteiger partial charge in [0.2, 0.25) is 0 Å². The first kappa shape index (κ1) is 17.0. The molecular weight excluding hydrogens is 324 g/mol. The van der Waals surface area contributed by atoms with Gasteiger partial charge in [0.05, 0.1) is 4.58 Å². The van der Waals surface area contributed by atoms with Crippen LogP contribution in [0.1, 0.15) is 33.3 Å². The molecule has 0 aromatic heterocycles. The number of likely N-dealkylation sites (tertiary alicyclic amines) is 1. The Bertz CT molecular complexity index is 477. The summed E-state index contributed by atoms with van der Waals surface area (Å²) in [5, 5.41) is 0. The molecule has 3 rings (SSSR count). The number of carbonyl (C=O) groups excluding carboxylic acids is 1. The maximum Gasteiger partial charge on any atom is 0.253 e. The Kier molecular flexibility index (Phi) is 6.29. The van der Waals surface area contributed by atoms with Crippen LogP contribution in [-0.4, -0.2) is 41.4 Å². The fraction of sp³-hybridized carbons (Fsp3) is 0.533. The van der Waals surface area contributed by atoms with E-state index in [1.54, 1.807) is 0 Å². The van der Waals surface area contributed by atoms with Crippen molar-refractivity contribution in [2.24, 2.45) is 5.73 Å². The summed E-state index contributed by atoms with van der Waals surface area (Å²) >= 11 is 3.98. The summed E-state index contributed by atoms with van der Waals surface area (Å²) in [5.41, 5.74) is 8.06. The van der Waals surface area contributed by atoms with Crippen LogP contribution < -0.4 is 5.73 Å². The average molecular weight is 345 g/mol. The van der Waals surface area contributed by atoms with Crippen LogP contribution in [0, 0.1) is 0 Å². The Morgan fingerprint density at radius 1 is 1.19 bits per heavy atom. The first-order chi connectivity index (χ1) is 9.74. The molecule has 2 saturated heterocycles. The van der Waals surface area contributed by atoms with Crippen molar-refractivity contribution in [1.29, 1.82) is 0 Å². The molecule has 3 nitrogen and oxygen atoms in total. The Hall–Kier alpha value is -0.360. The zero-order valence-electron chi connectivity index (χ0n) is 11.9. The summed E-state index contributed by atoms with van der Waals surface area (Å²) in [7, 11) is 0. The van der Waals surface area contributed by atoms with E-state index >= 15 is 0 Å². The maximum atomic E-state index is 12.4. The number of hydrogen-bond donors (Lipinski definition) is 1. The van der Waals surface area contributed by atoms with Crippen molar-refractivity contribution in [3.8, 4) is 0 Å². The molecule has 2 aliphatic heterocycles. The highest BCUT2D eigenvalue weighted by Gasteiger charge is 2.23. The molecule has 0 spiro atoms. The molecule has 1 amide bonds. The second kappa shape index (κ2) is 7.77. The van der Waals surface area contributed by atoms with Gasteiger partial charge < -0.3 is 10.6 Å². The van der Waals surface area contributed by atoms with Gasteiger partial charge in [0.25, 0.3) is 5.91 Å². The SMILES string of the molecule is Cl.NC1CCCN(C(=O)c2ccc(C3SCCS3)cc2)C1. The van der Waals surface area contributed by atoms with E-state index in [2.05, 4.69) is 12.1 Å². The fourth-order valence-electron chi connectivity index (χ4n) is 2.71. The van der Waals surface area contributed by atoms with E-state index in [0.29, 0.717) is 11.1 Å². The lowest BCUT2D eigenvalue weighted by molar-refractivity contribution is 0.0709. The Morgan fingerprint density at radius 3 is 2.48 bits per heavy atom. The molecule has 1 atom stereocenters. The van der Waals surface area contributed by atoms with E-state index in [-0.39, 0.29) is 24.4 Å². The average Bonchev–Trinajstić information content (AvgIpc) is 3.01. The highest BCUT2D eigenvalue weighted by molar-refractivity contribution is 8.19. The normalized spacial score (nSPS) is 22.9. The van der Waals surface area contributed by atoms with Crippen LogP contribution in [0.2, 0.25) is 0 Å². The monoisotopic (exact) mass is 344 g/mol. The maximum absolute atomic E-state index is 12.4. The highest BCUT2D eigenvalue weighted by Crippen LogP contribution is 2.45. The van der Waals surface area contributed by atoms with Gasteiger partial charge in [0, 0.05) is 36.2 Å². The van der Waals surface area contributed by atoms with Crippen LogP contribution in [0.4, 0.5) is 0 Å². The lowest BCUT2D eigenvalue weighted by Gasteiger charge is -2.30. The van der Waals surface area contributed by atoms with Gasteiger partial charge in [0.1, 0.15) is 0 Å². The summed E-state index contributed by atoms with van der Waals surface area (Å²) in [4.78, 5) is 14.3. The van der Waals surface area contributed by atoms with Gasteiger partial charge in [-0.3, -0.25) is 4.79 Å². The number of nitrogens with two attached hydrogens (primary N) is 1. The van der Waals surface area contributed by atoms with Gasteiger partial charge in [-0.25, -0.2) is 0 Å². The van der Waals surface area contributed by atoms with E-state index in [9.17, 15) is 4.79 Å². The van der Waals surface area contributed by atoms with Crippen LogP contribution in [0.15, 0.2) is 24.3 Å². The smallest absolute Gasteiger partial charge is 0.253 e. The van der Waals surface area contributed by atoms with E-state index in [1.807, 2.05) is 40.6 Å². The number of carbonyl (C=O) groups is 1. The van der Waals surface area contributed by atoms with Crippen molar-refractivity contribution >= 4 is 41.8 Å². The minimum atomic E-state index is 0. The predicted molar refractivity (Wildman–Crippen MR) is 94.5 cm³/mol. The highest BCUT2D eigenvalue weighted by atomic mass is 35.5. The minimum Gasteiger partial charge on any atom is -0.337 e. The molecule has 2 fully saturated rings. The van der Waals surface area contributed by atoms with E-state index < -0.39 is 0 Å². The standard InChI is InChI=1S/C15H20N2OS2.ClH/c16-13-2-1-7-17(10-13)14(18)11-3-5-12(6-4-11)15-19-8-9-20-15;/h3-6,13,15H,1-2,7-10,16H2;1H. The van der Waals surface area contributed by atoms with Gasteiger partial charge in [-0.2, -0.15) is 0 Å². The van der Waals surface area contributed by atoms with Crippen molar-refractivity contribution in [2.45, 2.75) is 23.5 Å². The third-order valence-electron chi connectivity index (χ3n) is 3.80. The Morgan fingerprint density at radius 2 is 1.86 bits per heavy atom. The molecule has 0 aliphatic carbocycles. The molecule has 1 unspecified atom stereocenters. The molecular formula is C15H21ClN2OS2. The first-order valence-electron chi connectivity index (χ1n) is 7.12. The van der Waals surface area contributed by atoms with Crippen LogP contribution >= 0.6 is 35.9 Å². The number of thioether (sulfide) groups is 2. The number of nitrogens with zero attached hydrogens (tertiary/aromatic N) is 1. The minimum absolute atomic E-state index is 0. The zero-order chi connectivity index (χ0) is 13.9. The van der Waals surface area contributed by atoms with Gasteiger partial charge in [0.15, 0.2) is 0 Å². The molecule has 2 N–H and O–H groups in total. The van der Waals surface area contributed by atoms with E-state index in [0.717, 1.165) is 24.9 Å². The molecule has 116 valence electrons. The molecule has 0 radical (unpaired) electrons. The van der Waals surface area contributed by atoms with Crippen molar-refractivity contribution < 1.29 is 4.79 Å². The summed E-state index contributed by atoms with van der Waals surface area (Å²) < 4.78 is 0.544. The Balaban J connectivity index is 0.00000161. The van der Waals surface area contributed by atoms with E-state index in [1.165, 1.54) is 17.1 Å². The largest absolute Gasteiger partial charge is 0.337 e. The predicted octanol–water partition coefficient (Wildman–Crippen LogP) is 3.15. The summed E-state index contributed by atoms with van der Waals surface area (Å²) in [6.45, 7) is 1.53. The third-order valence-corrected chi connectivity index (χ3v) is 6.90. The molecule has 2 heterocycles. The molecule has 0 saturated carbocycles. The summed E-state index contributed by atoms with van der Waals surface area (Å²) in [6, 6.07) is 8.28. The van der Waals surface area contributed by atoms with Crippen LogP contribution in [0.5, 0.6) is 0 Å². The van der Waals surface area contributed by atoms with Crippen molar-refractivity contribution in [3.05, 3.63) is 35.4 Å². The molecule has 21 heavy (non-hydrogen) atoms. The number of halogens is 1. The van der Waals surface area contributed by atoms with Crippen molar-refractivity contribution in [3.63, 3.8) is 0 Å². The molecule has 2 aliphatic rings. The molecule has 0 bridgehead atoms. The van der Waals surface area contributed by atoms with Crippen LogP contribution in [-0.2, 0) is 0 Å². The number of benzene rings is 1. The lowest BCUT2D eigenvalue weighted by Crippen LogP contribution is -2.45. The Labute approximate surface area is 140 Å². The molecule has 6 heteroatoms. The molecule has 1 aromatic rings.